The summed E-state index contributed by atoms with van der Waals surface area (Å²) in [5.41, 5.74) is 10.8. The number of hydrogen-bond donors (Lipinski definition) is 2. The van der Waals surface area contributed by atoms with Crippen molar-refractivity contribution in [1.82, 2.24) is 20.7 Å². The summed E-state index contributed by atoms with van der Waals surface area (Å²) in [5.74, 6) is 2.41. The van der Waals surface area contributed by atoms with Crippen LogP contribution in [0, 0.1) is 5.92 Å². The second-order valence-corrected chi connectivity index (χ2v) is 10.0. The molecule has 2 N–H and O–H groups in total. The summed E-state index contributed by atoms with van der Waals surface area (Å²) >= 11 is 0. The van der Waals surface area contributed by atoms with Crippen molar-refractivity contribution in [3.05, 3.63) is 59.2 Å². The highest BCUT2D eigenvalue weighted by Crippen LogP contribution is 2.30. The molecule has 0 amide bonds. The number of methoxy groups -OCH3 is 1. The van der Waals surface area contributed by atoms with Gasteiger partial charge in [0.05, 0.1) is 25.4 Å². The zero-order valence-corrected chi connectivity index (χ0v) is 20.6. The molecule has 2 unspecified atom stereocenters. The van der Waals surface area contributed by atoms with Crippen LogP contribution in [0.1, 0.15) is 36.6 Å². The first-order valence-electron chi connectivity index (χ1n) is 12.5. The Morgan fingerprint density at radius 3 is 2.59 bits per heavy atom. The van der Waals surface area contributed by atoms with Crippen LogP contribution in [0.25, 0.3) is 0 Å². The second-order valence-electron chi connectivity index (χ2n) is 10.0. The lowest BCUT2D eigenvalue weighted by Crippen LogP contribution is -2.44. The van der Waals surface area contributed by atoms with Crippen molar-refractivity contribution in [1.29, 1.82) is 0 Å². The lowest BCUT2D eigenvalue weighted by molar-refractivity contribution is -0.0704. The number of rotatable bonds is 6. The Morgan fingerprint density at radius 2 is 1.82 bits per heavy atom. The van der Waals surface area contributed by atoms with Crippen molar-refractivity contribution >= 4 is 0 Å². The molecule has 4 atom stereocenters. The monoisotopic (exact) mass is 466 g/mol. The normalized spacial score (nSPS) is 28.2. The molecule has 34 heavy (non-hydrogen) atoms. The lowest BCUT2D eigenvalue weighted by atomic mass is 9.94. The van der Waals surface area contributed by atoms with Gasteiger partial charge in [-0.2, -0.15) is 0 Å². The molecule has 2 aromatic rings. The zero-order valence-electron chi connectivity index (χ0n) is 20.6. The quantitative estimate of drug-likeness (QED) is 0.679. The van der Waals surface area contributed by atoms with Gasteiger partial charge < -0.3 is 14.2 Å². The van der Waals surface area contributed by atoms with Gasteiger partial charge in [0.2, 0.25) is 0 Å². The van der Waals surface area contributed by atoms with Crippen molar-refractivity contribution in [2.75, 3.05) is 46.4 Å². The predicted octanol–water partition coefficient (Wildman–Crippen LogP) is 2.96. The van der Waals surface area contributed by atoms with Crippen molar-refractivity contribution in [3.8, 4) is 11.5 Å². The van der Waals surface area contributed by atoms with E-state index in [2.05, 4.69) is 64.8 Å². The average Bonchev–Trinajstić information content (AvgIpc) is 3.18. The standard InChI is InChI=1S/C27H38N4O3/c1-19-14-31(15-20(2)34-19)16-21-4-9-26-23(12-21)17-30(10-11-33-26)18-24-13-28-29-27(24)22-5-7-25(32-3)8-6-22/h4-9,12,19-20,24,27-29H,10-11,13-18H2,1-3H3/t19-,20+,24?,27?. The van der Waals surface area contributed by atoms with Gasteiger partial charge in [-0.25, -0.2) is 5.43 Å². The average molecular weight is 467 g/mol. The van der Waals surface area contributed by atoms with E-state index < -0.39 is 0 Å². The molecule has 2 aromatic carbocycles. The highest BCUT2D eigenvalue weighted by atomic mass is 16.5. The predicted molar refractivity (Wildman–Crippen MR) is 133 cm³/mol. The first kappa shape index (κ1) is 23.6. The van der Waals surface area contributed by atoms with Crippen molar-refractivity contribution in [2.45, 2.75) is 45.2 Å². The summed E-state index contributed by atoms with van der Waals surface area (Å²) in [5, 5.41) is 0. The molecular formula is C27H38N4O3. The lowest BCUT2D eigenvalue weighted by Gasteiger charge is -2.35. The highest BCUT2D eigenvalue weighted by molar-refractivity contribution is 5.38. The van der Waals surface area contributed by atoms with Crippen LogP contribution < -0.4 is 20.3 Å². The van der Waals surface area contributed by atoms with E-state index in [1.54, 1.807) is 7.11 Å². The van der Waals surface area contributed by atoms with E-state index in [4.69, 9.17) is 14.2 Å². The SMILES string of the molecule is COc1ccc(C2NNCC2CN2CCOc3ccc(CN4C[C@@H](C)O[C@@H](C)C4)cc3C2)cc1. The van der Waals surface area contributed by atoms with Crippen LogP contribution in [-0.2, 0) is 17.8 Å². The van der Waals surface area contributed by atoms with Gasteiger partial charge >= 0.3 is 0 Å². The number of benzene rings is 2. The molecular weight excluding hydrogens is 428 g/mol. The Morgan fingerprint density at radius 1 is 1.03 bits per heavy atom. The number of morpholine rings is 1. The fraction of sp³-hybridized carbons (Fsp3) is 0.556. The van der Waals surface area contributed by atoms with Crippen LogP contribution in [-0.4, -0.2) is 68.4 Å². The molecule has 184 valence electrons. The zero-order chi connectivity index (χ0) is 23.5. The second kappa shape index (κ2) is 10.6. The van der Waals surface area contributed by atoms with Gasteiger partial charge in [0, 0.05) is 57.3 Å². The minimum Gasteiger partial charge on any atom is -0.497 e. The highest BCUT2D eigenvalue weighted by Gasteiger charge is 2.31. The maximum absolute atomic E-state index is 6.14. The Labute approximate surface area is 203 Å². The van der Waals surface area contributed by atoms with E-state index in [1.165, 1.54) is 16.7 Å². The summed E-state index contributed by atoms with van der Waals surface area (Å²) in [4.78, 5) is 5.05. The van der Waals surface area contributed by atoms with Gasteiger partial charge in [-0.1, -0.05) is 18.2 Å². The maximum Gasteiger partial charge on any atom is 0.123 e. The molecule has 3 heterocycles. The molecule has 7 heteroatoms. The van der Waals surface area contributed by atoms with Crippen molar-refractivity contribution in [3.63, 3.8) is 0 Å². The Balaban J connectivity index is 1.25. The minimum atomic E-state index is 0.284. The molecule has 2 fully saturated rings. The van der Waals surface area contributed by atoms with Gasteiger partial charge in [-0.15, -0.1) is 0 Å². The molecule has 2 saturated heterocycles. The number of hydrogen-bond acceptors (Lipinski definition) is 7. The number of hydrazine groups is 1. The molecule has 3 aliphatic rings. The van der Waals surface area contributed by atoms with Crippen molar-refractivity contribution < 1.29 is 14.2 Å². The smallest absolute Gasteiger partial charge is 0.123 e. The van der Waals surface area contributed by atoms with Crippen LogP contribution in [0.5, 0.6) is 11.5 Å². The fourth-order valence-electron chi connectivity index (χ4n) is 5.63. The van der Waals surface area contributed by atoms with E-state index in [-0.39, 0.29) is 18.2 Å². The van der Waals surface area contributed by atoms with Gasteiger partial charge in [0.1, 0.15) is 18.1 Å². The molecule has 0 aromatic heterocycles. The molecule has 3 aliphatic heterocycles. The number of ether oxygens (including phenoxy) is 3. The topological polar surface area (TPSA) is 58.2 Å². The summed E-state index contributed by atoms with van der Waals surface area (Å²) in [6.45, 7) is 11.8. The molecule has 0 radical (unpaired) electrons. The van der Waals surface area contributed by atoms with E-state index in [0.717, 1.165) is 63.9 Å². The van der Waals surface area contributed by atoms with E-state index in [0.29, 0.717) is 5.92 Å². The Kier molecular flexibility index (Phi) is 7.37. The Hall–Kier alpha value is -2.16. The van der Waals surface area contributed by atoms with Crippen LogP contribution in [0.15, 0.2) is 42.5 Å². The van der Waals surface area contributed by atoms with Crippen LogP contribution in [0.2, 0.25) is 0 Å². The van der Waals surface area contributed by atoms with Crippen molar-refractivity contribution in [2.24, 2.45) is 5.92 Å². The summed E-state index contributed by atoms with van der Waals surface area (Å²) in [6.07, 6.45) is 0.575. The first-order valence-corrected chi connectivity index (χ1v) is 12.5. The maximum atomic E-state index is 6.14. The van der Waals surface area contributed by atoms with Crippen LogP contribution in [0.3, 0.4) is 0 Å². The number of fused-ring (bicyclic) bond motifs is 1. The van der Waals surface area contributed by atoms with E-state index >= 15 is 0 Å². The molecule has 0 spiro atoms. The van der Waals surface area contributed by atoms with Crippen LogP contribution in [0.4, 0.5) is 0 Å². The Bertz CT molecular complexity index is 943. The van der Waals surface area contributed by atoms with Gasteiger partial charge in [-0.3, -0.25) is 15.2 Å². The van der Waals surface area contributed by atoms with E-state index in [9.17, 15) is 0 Å². The third-order valence-corrected chi connectivity index (χ3v) is 7.15. The fourth-order valence-corrected chi connectivity index (χ4v) is 5.63. The minimum absolute atomic E-state index is 0.284. The van der Waals surface area contributed by atoms with Gasteiger partial charge in [-0.05, 0) is 49.2 Å². The summed E-state index contributed by atoms with van der Waals surface area (Å²) in [6, 6.07) is 15.4. The molecule has 0 aliphatic carbocycles. The molecule has 5 rings (SSSR count). The molecule has 0 saturated carbocycles. The summed E-state index contributed by atoms with van der Waals surface area (Å²) < 4.78 is 17.4. The largest absolute Gasteiger partial charge is 0.497 e. The van der Waals surface area contributed by atoms with E-state index in [1.807, 2.05) is 12.1 Å². The third kappa shape index (κ3) is 5.56. The summed E-state index contributed by atoms with van der Waals surface area (Å²) in [7, 11) is 1.71. The van der Waals surface area contributed by atoms with Gasteiger partial charge in [0.15, 0.2) is 0 Å². The first-order chi connectivity index (χ1) is 16.6. The van der Waals surface area contributed by atoms with Gasteiger partial charge in [0.25, 0.3) is 0 Å². The number of nitrogens with zero attached hydrogens (tertiary/aromatic N) is 2. The van der Waals surface area contributed by atoms with Crippen LogP contribution >= 0.6 is 0 Å². The molecule has 0 bridgehead atoms. The molecule has 7 nitrogen and oxygen atoms in total. The third-order valence-electron chi connectivity index (χ3n) is 7.15. The number of nitrogens with one attached hydrogen (secondary N) is 2.